The van der Waals surface area contributed by atoms with Crippen molar-refractivity contribution < 1.29 is 19.1 Å². The summed E-state index contributed by atoms with van der Waals surface area (Å²) in [7, 11) is 1.49. The van der Waals surface area contributed by atoms with Gasteiger partial charge in [0.05, 0.1) is 23.1 Å². The minimum absolute atomic E-state index is 0.0525. The highest BCUT2D eigenvalue weighted by Gasteiger charge is 2.40. The van der Waals surface area contributed by atoms with Gasteiger partial charge in [-0.05, 0) is 48.4 Å². The molecule has 0 radical (unpaired) electrons. The molecule has 1 heterocycles. The van der Waals surface area contributed by atoms with Crippen LogP contribution in [0.15, 0.2) is 36.4 Å². The van der Waals surface area contributed by atoms with Gasteiger partial charge in [0.2, 0.25) is 5.91 Å². The standard InChI is InChI=1S/C20H15Cl2NO4S/c1-3-8-27-18-15(22)9-12(10-16(18)26-2)11-17-19(24)23(20(25)28-17)14-6-4-13(21)5-7-14/h1,4-7,9-10,17H,8,11H2,2H3/t17-/m0/s1. The van der Waals surface area contributed by atoms with Gasteiger partial charge in [-0.15, -0.1) is 6.42 Å². The normalized spacial score (nSPS) is 16.2. The molecule has 1 atom stereocenters. The van der Waals surface area contributed by atoms with E-state index in [1.165, 1.54) is 7.11 Å². The van der Waals surface area contributed by atoms with Crippen LogP contribution in [0.4, 0.5) is 10.5 Å². The molecule has 2 aromatic carbocycles. The predicted octanol–water partition coefficient (Wildman–Crippen LogP) is 4.83. The predicted molar refractivity (Wildman–Crippen MR) is 112 cm³/mol. The lowest BCUT2D eigenvalue weighted by Gasteiger charge is -2.15. The third-order valence-electron chi connectivity index (χ3n) is 4.02. The smallest absolute Gasteiger partial charge is 0.293 e. The third kappa shape index (κ3) is 4.22. The molecule has 0 aliphatic carbocycles. The zero-order valence-corrected chi connectivity index (χ0v) is 17.1. The molecule has 144 valence electrons. The molecule has 8 heteroatoms. The van der Waals surface area contributed by atoms with E-state index in [0.29, 0.717) is 33.7 Å². The zero-order chi connectivity index (χ0) is 20.3. The molecule has 2 amide bonds. The van der Waals surface area contributed by atoms with Crippen molar-refractivity contribution in [3.05, 3.63) is 52.0 Å². The Morgan fingerprint density at radius 2 is 1.93 bits per heavy atom. The number of terminal acetylenes is 1. The van der Waals surface area contributed by atoms with E-state index in [2.05, 4.69) is 5.92 Å². The average molecular weight is 436 g/mol. The monoisotopic (exact) mass is 435 g/mol. The van der Waals surface area contributed by atoms with Gasteiger partial charge in [0.25, 0.3) is 5.24 Å². The number of thioether (sulfide) groups is 1. The van der Waals surface area contributed by atoms with Crippen molar-refractivity contribution >= 4 is 51.8 Å². The van der Waals surface area contributed by atoms with Gasteiger partial charge >= 0.3 is 0 Å². The number of nitrogens with zero attached hydrogens (tertiary/aromatic N) is 1. The Balaban J connectivity index is 1.81. The number of benzene rings is 2. The quantitative estimate of drug-likeness (QED) is 0.608. The molecule has 1 fully saturated rings. The van der Waals surface area contributed by atoms with Gasteiger partial charge in [-0.3, -0.25) is 9.59 Å². The summed E-state index contributed by atoms with van der Waals surface area (Å²) in [5.41, 5.74) is 1.23. The first-order valence-electron chi connectivity index (χ1n) is 8.17. The number of hydrogen-bond acceptors (Lipinski definition) is 5. The van der Waals surface area contributed by atoms with Crippen molar-refractivity contribution in [3.63, 3.8) is 0 Å². The van der Waals surface area contributed by atoms with E-state index in [-0.39, 0.29) is 17.8 Å². The molecule has 1 saturated heterocycles. The average Bonchev–Trinajstić information content (AvgIpc) is 2.94. The Bertz CT molecular complexity index is 956. The number of hydrogen-bond donors (Lipinski definition) is 0. The van der Waals surface area contributed by atoms with Crippen LogP contribution in [0.3, 0.4) is 0 Å². The maximum Gasteiger partial charge on any atom is 0.293 e. The number of imide groups is 1. The van der Waals surface area contributed by atoms with Gasteiger partial charge in [-0.25, -0.2) is 4.90 Å². The molecule has 1 aliphatic rings. The second kappa shape index (κ2) is 8.78. The van der Waals surface area contributed by atoms with E-state index in [9.17, 15) is 9.59 Å². The van der Waals surface area contributed by atoms with E-state index in [4.69, 9.17) is 39.1 Å². The maximum absolute atomic E-state index is 12.8. The number of rotatable bonds is 6. The van der Waals surface area contributed by atoms with Crippen molar-refractivity contribution in [2.24, 2.45) is 0 Å². The number of amides is 2. The molecule has 2 aromatic rings. The van der Waals surface area contributed by atoms with Crippen LogP contribution >= 0.6 is 35.0 Å². The SMILES string of the molecule is C#CCOc1c(Cl)cc(C[C@@H]2SC(=O)N(c3ccc(Cl)cc3)C2=O)cc1OC. The second-order valence-corrected chi connectivity index (χ2v) is 7.83. The van der Waals surface area contributed by atoms with E-state index in [0.717, 1.165) is 22.2 Å². The maximum atomic E-state index is 12.8. The van der Waals surface area contributed by atoms with Gasteiger partial charge in [-0.1, -0.05) is 40.9 Å². The molecule has 0 spiro atoms. The Hall–Kier alpha value is -2.33. The van der Waals surface area contributed by atoms with Gasteiger partial charge < -0.3 is 9.47 Å². The molecule has 1 aliphatic heterocycles. The number of carbonyl (C=O) groups excluding carboxylic acids is 2. The molecule has 28 heavy (non-hydrogen) atoms. The Labute approximate surface area is 176 Å². The van der Waals surface area contributed by atoms with Gasteiger partial charge in [-0.2, -0.15) is 0 Å². The lowest BCUT2D eigenvalue weighted by Crippen LogP contribution is -2.32. The Kier molecular flexibility index (Phi) is 6.40. The van der Waals surface area contributed by atoms with Crippen LogP contribution in [0.1, 0.15) is 5.56 Å². The van der Waals surface area contributed by atoms with E-state index in [1.54, 1.807) is 36.4 Å². The first-order valence-corrected chi connectivity index (χ1v) is 9.81. The summed E-state index contributed by atoms with van der Waals surface area (Å²) in [4.78, 5) is 26.3. The summed E-state index contributed by atoms with van der Waals surface area (Å²) in [5.74, 6) is 2.83. The molecule has 3 rings (SSSR count). The zero-order valence-electron chi connectivity index (χ0n) is 14.8. The summed E-state index contributed by atoms with van der Waals surface area (Å²) in [6.45, 7) is 0.0525. The highest BCUT2D eigenvalue weighted by molar-refractivity contribution is 8.15. The summed E-state index contributed by atoms with van der Waals surface area (Å²) < 4.78 is 10.7. The van der Waals surface area contributed by atoms with Crippen molar-refractivity contribution in [2.45, 2.75) is 11.7 Å². The summed E-state index contributed by atoms with van der Waals surface area (Å²) >= 11 is 13.1. The topological polar surface area (TPSA) is 55.8 Å². The molecular formula is C20H15Cl2NO4S. The largest absolute Gasteiger partial charge is 0.493 e. The molecule has 0 saturated carbocycles. The molecule has 0 aromatic heterocycles. The van der Waals surface area contributed by atoms with E-state index < -0.39 is 5.25 Å². The molecular weight excluding hydrogens is 421 g/mol. The second-order valence-electron chi connectivity index (χ2n) is 5.83. The van der Waals surface area contributed by atoms with E-state index >= 15 is 0 Å². The number of methoxy groups -OCH3 is 1. The summed E-state index contributed by atoms with van der Waals surface area (Å²) in [5, 5.41) is -0.0485. The lowest BCUT2D eigenvalue weighted by molar-refractivity contribution is -0.117. The van der Waals surface area contributed by atoms with Crippen LogP contribution in [0, 0.1) is 12.3 Å². The van der Waals surface area contributed by atoms with Crippen molar-refractivity contribution in [2.75, 3.05) is 18.6 Å². The highest BCUT2D eigenvalue weighted by atomic mass is 35.5. The van der Waals surface area contributed by atoms with Crippen LogP contribution in [0.25, 0.3) is 0 Å². The van der Waals surface area contributed by atoms with Crippen molar-refractivity contribution in [1.82, 2.24) is 0 Å². The number of carbonyl (C=O) groups is 2. The van der Waals surface area contributed by atoms with Gasteiger partial charge in [0.1, 0.15) is 6.61 Å². The number of anilines is 1. The summed E-state index contributed by atoms with van der Waals surface area (Å²) in [6, 6.07) is 9.95. The van der Waals surface area contributed by atoms with Crippen LogP contribution in [0.5, 0.6) is 11.5 Å². The van der Waals surface area contributed by atoms with Crippen molar-refractivity contribution in [1.29, 1.82) is 0 Å². The molecule has 0 N–H and O–H groups in total. The summed E-state index contributed by atoms with van der Waals surface area (Å²) in [6.07, 6.45) is 5.52. The number of ether oxygens (including phenoxy) is 2. The van der Waals surface area contributed by atoms with Crippen molar-refractivity contribution in [3.8, 4) is 23.8 Å². The van der Waals surface area contributed by atoms with E-state index in [1.807, 2.05) is 0 Å². The highest BCUT2D eigenvalue weighted by Crippen LogP contribution is 2.39. The van der Waals surface area contributed by atoms with Crippen LogP contribution in [0.2, 0.25) is 10.0 Å². The third-order valence-corrected chi connectivity index (χ3v) is 5.59. The number of halogens is 2. The van der Waals surface area contributed by atoms with Crippen LogP contribution in [-0.4, -0.2) is 30.1 Å². The fourth-order valence-corrected chi connectivity index (χ4v) is 4.21. The van der Waals surface area contributed by atoms with Crippen LogP contribution in [-0.2, 0) is 11.2 Å². The minimum atomic E-state index is -0.568. The lowest BCUT2D eigenvalue weighted by atomic mass is 10.1. The van der Waals surface area contributed by atoms with Crippen LogP contribution < -0.4 is 14.4 Å². The fourth-order valence-electron chi connectivity index (χ4n) is 2.77. The first-order chi connectivity index (χ1) is 13.4. The molecule has 0 unspecified atom stereocenters. The van der Waals surface area contributed by atoms with Gasteiger partial charge in [0.15, 0.2) is 11.5 Å². The molecule has 0 bridgehead atoms. The van der Waals surface area contributed by atoms with Gasteiger partial charge in [0, 0.05) is 5.02 Å². The Morgan fingerprint density at radius 3 is 2.57 bits per heavy atom. The molecule has 5 nitrogen and oxygen atoms in total. The minimum Gasteiger partial charge on any atom is -0.493 e. The Morgan fingerprint density at radius 1 is 1.21 bits per heavy atom. The fraction of sp³-hybridized carbons (Fsp3) is 0.200. The first kappa shape index (κ1) is 20.4.